The number of likely N-dealkylation sites (tertiary alicyclic amines) is 1. The van der Waals surface area contributed by atoms with Crippen LogP contribution in [0.3, 0.4) is 0 Å². The van der Waals surface area contributed by atoms with Gasteiger partial charge >= 0.3 is 5.97 Å². The molecule has 0 radical (unpaired) electrons. The Balaban J connectivity index is 1.92. The first-order valence-electron chi connectivity index (χ1n) is 8.87. The van der Waals surface area contributed by atoms with Crippen molar-refractivity contribution in [2.75, 3.05) is 20.3 Å². The maximum Gasteiger partial charge on any atom is 0.326 e. The fraction of sp³-hybridized carbons (Fsp3) is 0.333. The molecule has 1 saturated heterocycles. The number of rotatable bonds is 6. The van der Waals surface area contributed by atoms with Gasteiger partial charge in [-0.1, -0.05) is 46.3 Å². The van der Waals surface area contributed by atoms with E-state index in [1.165, 1.54) is 0 Å². The number of esters is 1. The van der Waals surface area contributed by atoms with Crippen LogP contribution >= 0.6 is 15.9 Å². The van der Waals surface area contributed by atoms with Gasteiger partial charge in [-0.25, -0.2) is 0 Å². The van der Waals surface area contributed by atoms with Crippen LogP contribution in [0.1, 0.15) is 24.5 Å². The highest BCUT2D eigenvalue weighted by Crippen LogP contribution is 2.41. The number of methoxy groups -OCH3 is 1. The normalized spacial score (nSPS) is 19.2. The molecule has 5 nitrogen and oxygen atoms in total. The number of halogens is 1. The van der Waals surface area contributed by atoms with Crippen molar-refractivity contribution >= 4 is 27.8 Å². The lowest BCUT2D eigenvalue weighted by Gasteiger charge is -2.27. The van der Waals surface area contributed by atoms with Crippen LogP contribution in [0.2, 0.25) is 0 Å². The van der Waals surface area contributed by atoms with Gasteiger partial charge in [-0.2, -0.15) is 0 Å². The molecular formula is C21H22BrNO4. The summed E-state index contributed by atoms with van der Waals surface area (Å²) >= 11 is 3.50. The molecule has 0 saturated carbocycles. The highest BCUT2D eigenvalue weighted by Gasteiger charge is 2.55. The lowest BCUT2D eigenvalue weighted by atomic mass is 9.79. The van der Waals surface area contributed by atoms with Crippen molar-refractivity contribution in [3.8, 4) is 5.75 Å². The van der Waals surface area contributed by atoms with Gasteiger partial charge in [0.1, 0.15) is 5.75 Å². The summed E-state index contributed by atoms with van der Waals surface area (Å²) in [6, 6.07) is 14.9. The zero-order valence-electron chi connectivity index (χ0n) is 15.4. The van der Waals surface area contributed by atoms with Crippen molar-refractivity contribution in [3.63, 3.8) is 0 Å². The van der Waals surface area contributed by atoms with Gasteiger partial charge < -0.3 is 14.4 Å². The molecule has 0 aliphatic carbocycles. The van der Waals surface area contributed by atoms with E-state index in [1.54, 1.807) is 18.9 Å². The molecule has 2 aromatic carbocycles. The van der Waals surface area contributed by atoms with Crippen LogP contribution in [0, 0.1) is 0 Å². The standard InChI is InChI=1S/C21H22BrNO4/c1-3-27-20(25)21(17-6-4-5-7-18(17)22)12-13-23(19(21)24)14-15-8-10-16(26-2)11-9-15/h4-11H,3,12-14H2,1-2H3. The summed E-state index contributed by atoms with van der Waals surface area (Å²) in [4.78, 5) is 28.0. The van der Waals surface area contributed by atoms with Gasteiger partial charge in [0, 0.05) is 17.6 Å². The molecule has 1 atom stereocenters. The van der Waals surface area contributed by atoms with Gasteiger partial charge in [0.2, 0.25) is 5.91 Å². The second kappa shape index (κ2) is 8.13. The molecule has 3 rings (SSSR count). The third-order valence-electron chi connectivity index (χ3n) is 4.90. The van der Waals surface area contributed by atoms with Crippen molar-refractivity contribution in [3.05, 3.63) is 64.1 Å². The third-order valence-corrected chi connectivity index (χ3v) is 5.59. The summed E-state index contributed by atoms with van der Waals surface area (Å²) in [5, 5.41) is 0. The predicted octanol–water partition coefficient (Wildman–Crippen LogP) is 3.69. The Bertz CT molecular complexity index is 836. The molecule has 1 fully saturated rings. The molecule has 0 N–H and O–H groups in total. The van der Waals surface area contributed by atoms with E-state index >= 15 is 0 Å². The van der Waals surface area contributed by atoms with Gasteiger partial charge in [0.05, 0.1) is 13.7 Å². The largest absolute Gasteiger partial charge is 0.497 e. The molecular weight excluding hydrogens is 410 g/mol. The van der Waals surface area contributed by atoms with E-state index in [-0.39, 0.29) is 12.5 Å². The molecule has 0 aromatic heterocycles. The topological polar surface area (TPSA) is 55.8 Å². The first-order chi connectivity index (χ1) is 13.0. The van der Waals surface area contributed by atoms with Gasteiger partial charge in [0.15, 0.2) is 5.41 Å². The minimum Gasteiger partial charge on any atom is -0.497 e. The number of hydrogen-bond acceptors (Lipinski definition) is 4. The number of benzene rings is 2. The van der Waals surface area contributed by atoms with Crippen LogP contribution < -0.4 is 4.74 Å². The second-order valence-corrected chi connectivity index (χ2v) is 7.28. The Morgan fingerprint density at radius 1 is 1.19 bits per heavy atom. The Morgan fingerprint density at radius 3 is 2.52 bits per heavy atom. The Morgan fingerprint density at radius 2 is 1.89 bits per heavy atom. The van der Waals surface area contributed by atoms with E-state index < -0.39 is 11.4 Å². The van der Waals surface area contributed by atoms with E-state index in [9.17, 15) is 9.59 Å². The predicted molar refractivity (Wildman–Crippen MR) is 105 cm³/mol. The molecule has 0 bridgehead atoms. The fourth-order valence-electron chi connectivity index (χ4n) is 3.49. The Hall–Kier alpha value is -2.34. The van der Waals surface area contributed by atoms with E-state index in [1.807, 2.05) is 48.5 Å². The summed E-state index contributed by atoms with van der Waals surface area (Å²) in [6.07, 6.45) is 0.392. The van der Waals surface area contributed by atoms with E-state index in [0.717, 1.165) is 15.8 Å². The van der Waals surface area contributed by atoms with Gasteiger partial charge in [-0.3, -0.25) is 9.59 Å². The van der Waals surface area contributed by atoms with Crippen molar-refractivity contribution in [1.29, 1.82) is 0 Å². The molecule has 1 aliphatic rings. The zero-order chi connectivity index (χ0) is 19.4. The Kier molecular flexibility index (Phi) is 5.85. The van der Waals surface area contributed by atoms with Crippen molar-refractivity contribution in [2.24, 2.45) is 0 Å². The lowest BCUT2D eigenvalue weighted by Crippen LogP contribution is -2.45. The second-order valence-electron chi connectivity index (χ2n) is 6.43. The third kappa shape index (κ3) is 3.58. The van der Waals surface area contributed by atoms with E-state index in [0.29, 0.717) is 25.1 Å². The summed E-state index contributed by atoms with van der Waals surface area (Å²) in [7, 11) is 1.62. The summed E-state index contributed by atoms with van der Waals surface area (Å²) in [5.74, 6) is 0.0587. The molecule has 2 aromatic rings. The summed E-state index contributed by atoms with van der Waals surface area (Å²) < 4.78 is 11.2. The number of carbonyl (C=O) groups is 2. The van der Waals surface area contributed by atoms with Crippen LogP contribution in [-0.2, 0) is 26.3 Å². The van der Waals surface area contributed by atoms with Gasteiger partial charge in [0.25, 0.3) is 0 Å². The lowest BCUT2D eigenvalue weighted by molar-refractivity contribution is -0.155. The number of hydrogen-bond donors (Lipinski definition) is 0. The van der Waals surface area contributed by atoms with E-state index in [4.69, 9.17) is 9.47 Å². The number of nitrogens with zero attached hydrogens (tertiary/aromatic N) is 1. The quantitative estimate of drug-likeness (QED) is 0.516. The van der Waals surface area contributed by atoms with Crippen LogP contribution in [0.25, 0.3) is 0 Å². The molecule has 6 heteroatoms. The Labute approximate surface area is 167 Å². The molecule has 1 unspecified atom stereocenters. The van der Waals surface area contributed by atoms with Crippen LogP contribution in [0.5, 0.6) is 5.75 Å². The zero-order valence-corrected chi connectivity index (χ0v) is 17.0. The first kappa shape index (κ1) is 19.4. The van der Waals surface area contributed by atoms with E-state index in [2.05, 4.69) is 15.9 Å². The monoisotopic (exact) mass is 431 g/mol. The minimum atomic E-state index is -1.30. The number of carbonyl (C=O) groups excluding carboxylic acids is 2. The van der Waals surface area contributed by atoms with Crippen molar-refractivity contribution in [2.45, 2.75) is 25.3 Å². The molecule has 1 aliphatic heterocycles. The molecule has 0 spiro atoms. The van der Waals surface area contributed by atoms with Gasteiger partial charge in [-0.15, -0.1) is 0 Å². The first-order valence-corrected chi connectivity index (χ1v) is 9.66. The van der Waals surface area contributed by atoms with Crippen molar-refractivity contribution in [1.82, 2.24) is 4.90 Å². The number of ether oxygens (including phenoxy) is 2. The summed E-state index contributed by atoms with van der Waals surface area (Å²) in [5.41, 5.74) is 0.337. The fourth-order valence-corrected chi connectivity index (χ4v) is 4.12. The van der Waals surface area contributed by atoms with Crippen molar-refractivity contribution < 1.29 is 19.1 Å². The highest BCUT2D eigenvalue weighted by molar-refractivity contribution is 9.10. The van der Waals surface area contributed by atoms with Crippen LogP contribution in [0.4, 0.5) is 0 Å². The highest BCUT2D eigenvalue weighted by atomic mass is 79.9. The average Bonchev–Trinajstić information content (AvgIpc) is 3.00. The SMILES string of the molecule is CCOC(=O)C1(c2ccccc2Br)CCN(Cc2ccc(OC)cc2)C1=O. The molecule has 142 valence electrons. The molecule has 1 heterocycles. The van der Waals surface area contributed by atoms with Crippen LogP contribution in [-0.4, -0.2) is 37.0 Å². The maximum atomic E-state index is 13.4. The smallest absolute Gasteiger partial charge is 0.326 e. The molecule has 27 heavy (non-hydrogen) atoms. The summed E-state index contributed by atoms with van der Waals surface area (Å²) in [6.45, 7) is 2.91. The number of amides is 1. The van der Waals surface area contributed by atoms with Crippen LogP contribution in [0.15, 0.2) is 53.0 Å². The van der Waals surface area contributed by atoms with Gasteiger partial charge in [-0.05, 0) is 42.7 Å². The average molecular weight is 432 g/mol. The minimum absolute atomic E-state index is 0.219. The maximum absolute atomic E-state index is 13.4. The molecule has 1 amide bonds.